The summed E-state index contributed by atoms with van der Waals surface area (Å²) >= 11 is 0. The molecule has 0 bridgehead atoms. The number of aliphatic imine (C=N–C) groups is 1. The van der Waals surface area contributed by atoms with E-state index < -0.39 is 15.8 Å². The first-order valence-electron chi connectivity index (χ1n) is 7.49. The molecule has 0 saturated heterocycles. The molecule has 0 unspecified atom stereocenters. The molecule has 10 nitrogen and oxygen atoms in total. The van der Waals surface area contributed by atoms with E-state index >= 15 is 0 Å². The Morgan fingerprint density at radius 3 is 2.44 bits per heavy atom. The standard InChI is InChI=1S/C17H11N3O7/c1-26-15-7-6-11(9-14(15)20(24)25)16-18-12(17(21)27-16)8-10-4-2-3-5-13(10)19(22)23/h2-9H,1H3/b12-8-. The summed E-state index contributed by atoms with van der Waals surface area (Å²) in [5.41, 5.74) is -0.286. The van der Waals surface area contributed by atoms with Crippen molar-refractivity contribution in [2.45, 2.75) is 0 Å². The number of para-hydroxylation sites is 1. The first kappa shape index (κ1) is 17.7. The molecule has 1 heterocycles. The van der Waals surface area contributed by atoms with E-state index in [4.69, 9.17) is 9.47 Å². The molecule has 136 valence electrons. The Balaban J connectivity index is 2.02. The second kappa shape index (κ2) is 7.04. The van der Waals surface area contributed by atoms with Crippen LogP contribution in [0, 0.1) is 20.2 Å². The maximum Gasteiger partial charge on any atom is 0.363 e. The highest BCUT2D eigenvalue weighted by Crippen LogP contribution is 2.30. The average molecular weight is 369 g/mol. The van der Waals surface area contributed by atoms with Crippen LogP contribution in [0.3, 0.4) is 0 Å². The fourth-order valence-electron chi connectivity index (χ4n) is 2.42. The molecule has 0 fully saturated rings. The van der Waals surface area contributed by atoms with Crippen LogP contribution < -0.4 is 4.74 Å². The number of nitro benzene ring substituents is 2. The highest BCUT2D eigenvalue weighted by atomic mass is 16.6. The second-order valence-corrected chi connectivity index (χ2v) is 5.30. The lowest BCUT2D eigenvalue weighted by Gasteiger charge is -2.03. The number of esters is 1. The molecular formula is C17H11N3O7. The molecule has 0 saturated carbocycles. The minimum atomic E-state index is -0.818. The minimum Gasteiger partial charge on any atom is -0.490 e. The van der Waals surface area contributed by atoms with E-state index in [2.05, 4.69) is 4.99 Å². The summed E-state index contributed by atoms with van der Waals surface area (Å²) < 4.78 is 9.97. The van der Waals surface area contributed by atoms with Gasteiger partial charge in [-0.25, -0.2) is 9.79 Å². The van der Waals surface area contributed by atoms with Gasteiger partial charge in [0.25, 0.3) is 5.69 Å². The van der Waals surface area contributed by atoms with Gasteiger partial charge in [-0.15, -0.1) is 0 Å². The number of rotatable bonds is 5. The highest BCUT2D eigenvalue weighted by molar-refractivity contribution is 6.13. The molecule has 10 heteroatoms. The average Bonchev–Trinajstić information content (AvgIpc) is 3.02. The molecule has 0 amide bonds. The predicted molar refractivity (Wildman–Crippen MR) is 93.4 cm³/mol. The van der Waals surface area contributed by atoms with E-state index in [0.29, 0.717) is 0 Å². The molecular weight excluding hydrogens is 358 g/mol. The number of carbonyl (C=O) groups is 1. The van der Waals surface area contributed by atoms with Crippen molar-refractivity contribution in [1.82, 2.24) is 0 Å². The van der Waals surface area contributed by atoms with Crippen molar-refractivity contribution >= 4 is 29.3 Å². The summed E-state index contributed by atoms with van der Waals surface area (Å²) in [5.74, 6) is -0.915. The Kier molecular flexibility index (Phi) is 4.62. The fourth-order valence-corrected chi connectivity index (χ4v) is 2.42. The summed E-state index contributed by atoms with van der Waals surface area (Å²) in [4.78, 5) is 37.0. The van der Waals surface area contributed by atoms with Crippen molar-refractivity contribution in [2.24, 2.45) is 4.99 Å². The summed E-state index contributed by atoms with van der Waals surface area (Å²) in [6.45, 7) is 0. The number of nitrogens with zero attached hydrogens (tertiary/aromatic N) is 3. The number of nitro groups is 2. The molecule has 1 aliphatic rings. The number of carbonyl (C=O) groups excluding carboxylic acids is 1. The maximum atomic E-state index is 12.1. The molecule has 3 rings (SSSR count). The summed E-state index contributed by atoms with van der Waals surface area (Å²) in [7, 11) is 1.29. The van der Waals surface area contributed by atoms with Gasteiger partial charge in [-0.3, -0.25) is 20.2 Å². The maximum absolute atomic E-state index is 12.1. The van der Waals surface area contributed by atoms with Crippen LogP contribution in [0.1, 0.15) is 11.1 Å². The van der Waals surface area contributed by atoms with Crippen LogP contribution >= 0.6 is 0 Å². The van der Waals surface area contributed by atoms with Gasteiger partial charge in [-0.2, -0.15) is 0 Å². The van der Waals surface area contributed by atoms with Crippen LogP contribution in [-0.2, 0) is 9.53 Å². The van der Waals surface area contributed by atoms with E-state index in [-0.39, 0.29) is 39.8 Å². The van der Waals surface area contributed by atoms with Gasteiger partial charge in [-0.05, 0) is 24.3 Å². The normalized spacial score (nSPS) is 14.6. The van der Waals surface area contributed by atoms with Gasteiger partial charge >= 0.3 is 11.7 Å². The third-order valence-corrected chi connectivity index (χ3v) is 3.67. The molecule has 1 aliphatic heterocycles. The van der Waals surface area contributed by atoms with Crippen LogP contribution in [0.5, 0.6) is 5.75 Å². The number of ether oxygens (including phenoxy) is 2. The van der Waals surface area contributed by atoms with Crippen LogP contribution in [0.4, 0.5) is 11.4 Å². The number of benzene rings is 2. The van der Waals surface area contributed by atoms with Crippen molar-refractivity contribution < 1.29 is 24.1 Å². The zero-order valence-corrected chi connectivity index (χ0v) is 13.8. The van der Waals surface area contributed by atoms with Gasteiger partial charge < -0.3 is 9.47 Å². The van der Waals surface area contributed by atoms with Crippen molar-refractivity contribution in [3.05, 3.63) is 79.5 Å². The van der Waals surface area contributed by atoms with E-state index in [1.165, 1.54) is 49.6 Å². The second-order valence-electron chi connectivity index (χ2n) is 5.30. The topological polar surface area (TPSA) is 134 Å². The Morgan fingerprint density at radius 2 is 1.78 bits per heavy atom. The van der Waals surface area contributed by atoms with Gasteiger partial charge in [0.05, 0.1) is 22.5 Å². The van der Waals surface area contributed by atoms with Crippen LogP contribution in [0.2, 0.25) is 0 Å². The van der Waals surface area contributed by atoms with Crippen molar-refractivity contribution in [3.63, 3.8) is 0 Å². The molecule has 0 radical (unpaired) electrons. The molecule has 2 aromatic rings. The lowest BCUT2D eigenvalue weighted by atomic mass is 10.1. The summed E-state index contributed by atoms with van der Waals surface area (Å²) in [6, 6.07) is 9.81. The first-order valence-corrected chi connectivity index (χ1v) is 7.49. The monoisotopic (exact) mass is 369 g/mol. The van der Waals surface area contributed by atoms with Gasteiger partial charge in [-0.1, -0.05) is 12.1 Å². The Bertz CT molecular complexity index is 1030. The van der Waals surface area contributed by atoms with Crippen LogP contribution in [0.15, 0.2) is 53.2 Å². The third kappa shape index (κ3) is 3.49. The third-order valence-electron chi connectivity index (χ3n) is 3.67. The van der Waals surface area contributed by atoms with E-state index in [9.17, 15) is 25.0 Å². The number of methoxy groups -OCH3 is 1. The molecule has 0 aromatic heterocycles. The summed E-state index contributed by atoms with van der Waals surface area (Å²) in [6.07, 6.45) is 1.23. The van der Waals surface area contributed by atoms with E-state index in [1.54, 1.807) is 6.07 Å². The van der Waals surface area contributed by atoms with Crippen molar-refractivity contribution in [3.8, 4) is 5.75 Å². The quantitative estimate of drug-likeness (QED) is 0.342. The van der Waals surface area contributed by atoms with Crippen LogP contribution in [-0.4, -0.2) is 28.8 Å². The molecule has 27 heavy (non-hydrogen) atoms. The molecule has 2 aromatic carbocycles. The fraction of sp³-hybridized carbons (Fsp3) is 0.0588. The highest BCUT2D eigenvalue weighted by Gasteiger charge is 2.27. The van der Waals surface area contributed by atoms with Gasteiger partial charge in [0.15, 0.2) is 11.4 Å². The smallest absolute Gasteiger partial charge is 0.363 e. The molecule has 0 aliphatic carbocycles. The summed E-state index contributed by atoms with van der Waals surface area (Å²) in [5, 5.41) is 22.2. The molecule has 0 atom stereocenters. The van der Waals surface area contributed by atoms with Crippen molar-refractivity contribution in [2.75, 3.05) is 7.11 Å². The first-order chi connectivity index (χ1) is 12.9. The lowest BCUT2D eigenvalue weighted by Crippen LogP contribution is -2.06. The Labute approximate surface area is 151 Å². The number of hydrogen-bond donors (Lipinski definition) is 0. The van der Waals surface area contributed by atoms with Gasteiger partial charge in [0.2, 0.25) is 5.90 Å². The molecule has 0 N–H and O–H groups in total. The largest absolute Gasteiger partial charge is 0.490 e. The SMILES string of the molecule is COc1ccc(C2=N/C(=C\c3ccccc3[N+](=O)[O-])C(=O)O2)cc1[N+](=O)[O-]. The van der Waals surface area contributed by atoms with Crippen LogP contribution in [0.25, 0.3) is 6.08 Å². The molecule has 0 spiro atoms. The van der Waals surface area contributed by atoms with Gasteiger partial charge in [0.1, 0.15) is 0 Å². The van der Waals surface area contributed by atoms with Gasteiger partial charge in [0, 0.05) is 17.7 Å². The number of hydrogen-bond acceptors (Lipinski definition) is 8. The Hall–Kier alpha value is -4.08. The predicted octanol–water partition coefficient (Wildman–Crippen LogP) is 2.86. The zero-order chi connectivity index (χ0) is 19.6. The minimum absolute atomic E-state index is 0.0457. The van der Waals surface area contributed by atoms with E-state index in [0.717, 1.165) is 0 Å². The van der Waals surface area contributed by atoms with E-state index in [1.807, 2.05) is 0 Å². The Morgan fingerprint density at radius 1 is 1.07 bits per heavy atom. The van der Waals surface area contributed by atoms with Crippen molar-refractivity contribution in [1.29, 1.82) is 0 Å². The number of cyclic esters (lactones) is 1. The zero-order valence-electron chi connectivity index (χ0n) is 13.8. The lowest BCUT2D eigenvalue weighted by molar-refractivity contribution is -0.385.